The number of hydrogen-bond donors (Lipinski definition) is 1. The average molecular weight is 478 g/mol. The minimum atomic E-state index is -0.811. The molecular formula is C27H31N3O3S. The third-order valence-electron chi connectivity index (χ3n) is 6.06. The van der Waals surface area contributed by atoms with Gasteiger partial charge in [-0.15, -0.1) is 11.3 Å². The molecule has 7 heteroatoms. The second-order valence-corrected chi connectivity index (χ2v) is 9.51. The number of pyridine rings is 1. The fraction of sp³-hybridized carbons (Fsp3) is 0.370. The van der Waals surface area contributed by atoms with E-state index in [0.29, 0.717) is 18.0 Å². The predicted molar refractivity (Wildman–Crippen MR) is 135 cm³/mol. The van der Waals surface area contributed by atoms with Crippen molar-refractivity contribution >= 4 is 28.8 Å². The number of carbonyl (C=O) groups is 2. The molecule has 4 rings (SSSR count). The van der Waals surface area contributed by atoms with Crippen molar-refractivity contribution < 1.29 is 14.3 Å². The number of rotatable bonds is 9. The van der Waals surface area contributed by atoms with E-state index >= 15 is 0 Å². The maximum Gasteiger partial charge on any atom is 0.248 e. The Balaban J connectivity index is 1.74. The van der Waals surface area contributed by atoms with Crippen molar-refractivity contribution in [3.05, 3.63) is 76.7 Å². The number of benzene rings is 1. The Bertz CT molecular complexity index is 1070. The van der Waals surface area contributed by atoms with Crippen molar-refractivity contribution in [2.45, 2.75) is 57.5 Å². The molecule has 2 amide bonds. The van der Waals surface area contributed by atoms with Crippen molar-refractivity contribution in [2.75, 3.05) is 11.5 Å². The maximum absolute atomic E-state index is 13.8. The predicted octanol–water partition coefficient (Wildman–Crippen LogP) is 5.31. The molecular weight excluding hydrogens is 446 g/mol. The van der Waals surface area contributed by atoms with Crippen LogP contribution in [0.2, 0.25) is 0 Å². The molecule has 0 spiro atoms. The SMILES string of the molecule is CCOc1cccc(N(C(=O)Cc2cccs2)[C@@H](C(=O)NC2CCCCC2)c2ccncc2)c1. The Morgan fingerprint density at radius 1 is 1.12 bits per heavy atom. The lowest BCUT2D eigenvalue weighted by Gasteiger charge is -2.33. The molecule has 1 N–H and O–H groups in total. The highest BCUT2D eigenvalue weighted by atomic mass is 32.1. The van der Waals surface area contributed by atoms with Gasteiger partial charge in [-0.3, -0.25) is 19.5 Å². The smallest absolute Gasteiger partial charge is 0.248 e. The number of anilines is 1. The third-order valence-corrected chi connectivity index (χ3v) is 6.94. The lowest BCUT2D eigenvalue weighted by atomic mass is 9.94. The minimum Gasteiger partial charge on any atom is -0.494 e. The topological polar surface area (TPSA) is 71.5 Å². The Hall–Kier alpha value is -3.19. The summed E-state index contributed by atoms with van der Waals surface area (Å²) in [6.45, 7) is 2.44. The van der Waals surface area contributed by atoms with Gasteiger partial charge in [-0.2, -0.15) is 0 Å². The van der Waals surface area contributed by atoms with Gasteiger partial charge in [0, 0.05) is 35.1 Å². The van der Waals surface area contributed by atoms with Crippen LogP contribution in [0.4, 0.5) is 5.69 Å². The van der Waals surface area contributed by atoms with Crippen LogP contribution >= 0.6 is 11.3 Å². The summed E-state index contributed by atoms with van der Waals surface area (Å²) in [5.41, 5.74) is 1.36. The van der Waals surface area contributed by atoms with E-state index < -0.39 is 6.04 Å². The van der Waals surface area contributed by atoms with Crippen molar-refractivity contribution in [1.29, 1.82) is 0 Å². The Labute approximate surface area is 205 Å². The highest BCUT2D eigenvalue weighted by Crippen LogP contribution is 2.32. The van der Waals surface area contributed by atoms with E-state index in [0.717, 1.165) is 36.1 Å². The summed E-state index contributed by atoms with van der Waals surface area (Å²) in [5, 5.41) is 5.20. The number of ether oxygens (including phenoxy) is 1. The van der Waals surface area contributed by atoms with Gasteiger partial charge in [-0.1, -0.05) is 31.4 Å². The van der Waals surface area contributed by atoms with Crippen molar-refractivity contribution in [2.24, 2.45) is 0 Å². The van der Waals surface area contributed by atoms with Gasteiger partial charge in [0.05, 0.1) is 13.0 Å². The Kier molecular flexibility index (Phi) is 8.31. The molecule has 1 fully saturated rings. The Morgan fingerprint density at radius 2 is 1.91 bits per heavy atom. The summed E-state index contributed by atoms with van der Waals surface area (Å²) >= 11 is 1.54. The number of hydrogen-bond acceptors (Lipinski definition) is 5. The van der Waals surface area contributed by atoms with E-state index in [1.807, 2.05) is 60.8 Å². The van der Waals surface area contributed by atoms with Gasteiger partial charge in [-0.05, 0) is 61.0 Å². The second-order valence-electron chi connectivity index (χ2n) is 8.48. The van der Waals surface area contributed by atoms with E-state index in [9.17, 15) is 9.59 Å². The number of aromatic nitrogens is 1. The molecule has 2 aromatic heterocycles. The molecule has 1 atom stereocenters. The molecule has 0 aliphatic heterocycles. The van der Waals surface area contributed by atoms with E-state index in [4.69, 9.17) is 4.74 Å². The molecule has 3 aromatic rings. The zero-order valence-electron chi connectivity index (χ0n) is 19.5. The minimum absolute atomic E-state index is 0.134. The molecule has 0 unspecified atom stereocenters. The van der Waals surface area contributed by atoms with Crippen LogP contribution in [-0.4, -0.2) is 29.4 Å². The van der Waals surface area contributed by atoms with Gasteiger partial charge in [-0.25, -0.2) is 0 Å². The highest BCUT2D eigenvalue weighted by Gasteiger charge is 2.34. The van der Waals surface area contributed by atoms with Crippen molar-refractivity contribution in [3.63, 3.8) is 0 Å². The normalized spacial score (nSPS) is 14.9. The molecule has 0 bridgehead atoms. The zero-order valence-corrected chi connectivity index (χ0v) is 20.3. The summed E-state index contributed by atoms with van der Waals surface area (Å²) in [6, 6.07) is 14.2. The first-order valence-electron chi connectivity index (χ1n) is 11.9. The monoisotopic (exact) mass is 477 g/mol. The van der Waals surface area contributed by atoms with Crippen LogP contribution in [0, 0.1) is 0 Å². The van der Waals surface area contributed by atoms with Crippen LogP contribution in [0.1, 0.15) is 55.5 Å². The van der Waals surface area contributed by atoms with Crippen LogP contribution in [0.5, 0.6) is 5.75 Å². The number of nitrogens with one attached hydrogen (secondary N) is 1. The lowest BCUT2D eigenvalue weighted by Crippen LogP contribution is -2.47. The highest BCUT2D eigenvalue weighted by molar-refractivity contribution is 7.10. The third kappa shape index (κ3) is 6.03. The largest absolute Gasteiger partial charge is 0.494 e. The van der Waals surface area contributed by atoms with E-state index in [2.05, 4.69) is 10.3 Å². The molecule has 6 nitrogen and oxygen atoms in total. The summed E-state index contributed by atoms with van der Waals surface area (Å²) < 4.78 is 5.70. The van der Waals surface area contributed by atoms with Gasteiger partial charge in [0.25, 0.3) is 0 Å². The summed E-state index contributed by atoms with van der Waals surface area (Å²) in [7, 11) is 0. The first-order valence-corrected chi connectivity index (χ1v) is 12.8. The van der Waals surface area contributed by atoms with Crippen LogP contribution in [0.3, 0.4) is 0 Å². The zero-order chi connectivity index (χ0) is 23.8. The number of amides is 2. The van der Waals surface area contributed by atoms with E-state index in [1.165, 1.54) is 17.8 Å². The van der Waals surface area contributed by atoms with Gasteiger partial charge in [0.15, 0.2) is 0 Å². The van der Waals surface area contributed by atoms with Gasteiger partial charge in [0.2, 0.25) is 11.8 Å². The fourth-order valence-corrected chi connectivity index (χ4v) is 5.16. The van der Waals surface area contributed by atoms with Crippen molar-refractivity contribution in [3.8, 4) is 5.75 Å². The fourth-order valence-electron chi connectivity index (χ4n) is 4.46. The van der Waals surface area contributed by atoms with Gasteiger partial charge < -0.3 is 10.1 Å². The molecule has 1 aliphatic carbocycles. The summed E-state index contributed by atoms with van der Waals surface area (Å²) in [4.78, 5) is 34.3. The lowest BCUT2D eigenvalue weighted by molar-refractivity contribution is -0.127. The first kappa shape index (κ1) is 24.0. The maximum atomic E-state index is 13.8. The number of carbonyl (C=O) groups excluding carboxylic acids is 2. The molecule has 34 heavy (non-hydrogen) atoms. The molecule has 178 valence electrons. The summed E-state index contributed by atoms with van der Waals surface area (Å²) in [6.07, 6.45) is 8.91. The standard InChI is InChI=1S/C27H31N3O3S/c1-2-33-23-11-6-10-22(18-23)30(25(31)19-24-12-7-17-34-24)26(20-13-15-28-16-14-20)27(32)29-21-8-4-3-5-9-21/h6-7,10-18,21,26H,2-5,8-9,19H2,1H3,(H,29,32)/t26-/m1/s1. The quantitative estimate of drug-likeness (QED) is 0.454. The van der Waals surface area contributed by atoms with Crippen LogP contribution in [0.15, 0.2) is 66.3 Å². The van der Waals surface area contributed by atoms with E-state index in [-0.39, 0.29) is 24.3 Å². The molecule has 0 radical (unpaired) electrons. The first-order chi connectivity index (χ1) is 16.7. The Morgan fingerprint density at radius 3 is 2.62 bits per heavy atom. The second kappa shape index (κ2) is 11.8. The van der Waals surface area contributed by atoms with Crippen molar-refractivity contribution in [1.82, 2.24) is 10.3 Å². The molecule has 2 heterocycles. The van der Waals surface area contributed by atoms with E-state index in [1.54, 1.807) is 17.3 Å². The van der Waals surface area contributed by atoms with Gasteiger partial charge >= 0.3 is 0 Å². The number of thiophene rings is 1. The average Bonchev–Trinajstić information content (AvgIpc) is 3.37. The molecule has 1 aliphatic rings. The van der Waals surface area contributed by atoms with Crippen LogP contribution < -0.4 is 15.0 Å². The number of nitrogens with zero attached hydrogens (tertiary/aromatic N) is 2. The molecule has 1 saturated carbocycles. The summed E-state index contributed by atoms with van der Waals surface area (Å²) in [5.74, 6) is 0.353. The van der Waals surface area contributed by atoms with Gasteiger partial charge in [0.1, 0.15) is 11.8 Å². The molecule has 1 aromatic carbocycles. The van der Waals surface area contributed by atoms with Crippen LogP contribution in [-0.2, 0) is 16.0 Å². The van der Waals surface area contributed by atoms with Crippen LogP contribution in [0.25, 0.3) is 0 Å². The molecule has 0 saturated heterocycles.